The molecule has 0 radical (unpaired) electrons. The average molecular weight is 359 g/mol. The highest BCUT2D eigenvalue weighted by atomic mass is 32.2. The zero-order valence-corrected chi connectivity index (χ0v) is 12.6. The Labute approximate surface area is 135 Å². The minimum absolute atomic E-state index is 0.0994. The van der Waals surface area contributed by atoms with Gasteiger partial charge >= 0.3 is 12.6 Å². The average Bonchev–Trinajstić information content (AvgIpc) is 2.46. The lowest BCUT2D eigenvalue weighted by atomic mass is 10.2. The lowest BCUT2D eigenvalue weighted by Crippen LogP contribution is -2.13. The number of nitrogens with one attached hydrogen (secondary N) is 1. The van der Waals surface area contributed by atoms with Gasteiger partial charge in [-0.1, -0.05) is 6.07 Å². The second-order valence-electron chi connectivity index (χ2n) is 4.50. The molecule has 0 aliphatic carbocycles. The molecule has 0 saturated heterocycles. The summed E-state index contributed by atoms with van der Waals surface area (Å²) in [6, 6.07) is 7.52. The van der Waals surface area contributed by atoms with Gasteiger partial charge in [-0.05, 0) is 24.3 Å². The molecule has 0 amide bonds. The van der Waals surface area contributed by atoms with Crippen LogP contribution in [0, 0.1) is 0 Å². The molecule has 24 heavy (non-hydrogen) atoms. The first kappa shape index (κ1) is 17.5. The van der Waals surface area contributed by atoms with Crippen molar-refractivity contribution in [1.29, 1.82) is 0 Å². The van der Waals surface area contributed by atoms with Crippen molar-refractivity contribution in [3.05, 3.63) is 48.0 Å². The van der Waals surface area contributed by atoms with Crippen molar-refractivity contribution >= 4 is 21.7 Å². The molecule has 10 heteroatoms. The fourth-order valence-corrected chi connectivity index (χ4v) is 2.89. The number of halogens is 2. The second kappa shape index (κ2) is 6.71. The van der Waals surface area contributed by atoms with Crippen LogP contribution in [-0.4, -0.2) is 31.2 Å². The van der Waals surface area contributed by atoms with E-state index >= 15 is 0 Å². The van der Waals surface area contributed by atoms with Crippen molar-refractivity contribution in [3.8, 4) is 11.5 Å². The number of carboxylic acid groups (broad SMARTS) is 1. The summed E-state index contributed by atoms with van der Waals surface area (Å²) in [6.07, 6.45) is 0. The van der Waals surface area contributed by atoms with Crippen LogP contribution in [-0.2, 0) is 10.0 Å². The molecule has 0 aromatic heterocycles. The Morgan fingerprint density at radius 2 is 1.88 bits per heavy atom. The zero-order chi connectivity index (χ0) is 17.9. The van der Waals surface area contributed by atoms with Gasteiger partial charge < -0.3 is 14.9 Å². The van der Waals surface area contributed by atoms with Crippen molar-refractivity contribution in [2.45, 2.75) is 11.5 Å². The van der Waals surface area contributed by atoms with Gasteiger partial charge in [0, 0.05) is 12.1 Å². The van der Waals surface area contributed by atoms with Crippen LogP contribution in [0.1, 0.15) is 10.4 Å². The summed E-state index contributed by atoms with van der Waals surface area (Å²) in [6.45, 7) is -3.10. The van der Waals surface area contributed by atoms with Crippen LogP contribution in [0.5, 0.6) is 11.5 Å². The SMILES string of the molecule is O=C(O)c1ccc(NS(=O)(=O)c2cccc(OC(F)F)c2)cc1O. The topological polar surface area (TPSA) is 113 Å². The first-order chi connectivity index (χ1) is 11.2. The molecule has 0 spiro atoms. The van der Waals surface area contributed by atoms with E-state index < -0.39 is 33.9 Å². The lowest BCUT2D eigenvalue weighted by Gasteiger charge is -2.11. The first-order valence-corrected chi connectivity index (χ1v) is 7.81. The number of anilines is 1. The number of hydrogen-bond acceptors (Lipinski definition) is 5. The van der Waals surface area contributed by atoms with Gasteiger partial charge in [-0.3, -0.25) is 4.72 Å². The molecule has 0 heterocycles. The fraction of sp³-hybridized carbons (Fsp3) is 0.0714. The first-order valence-electron chi connectivity index (χ1n) is 6.33. The van der Waals surface area contributed by atoms with Gasteiger partial charge in [-0.15, -0.1) is 0 Å². The van der Waals surface area contributed by atoms with Crippen LogP contribution in [0.3, 0.4) is 0 Å². The summed E-state index contributed by atoms with van der Waals surface area (Å²) < 4.78 is 55.0. The fourth-order valence-electron chi connectivity index (χ4n) is 1.81. The van der Waals surface area contributed by atoms with E-state index in [1.807, 2.05) is 0 Å². The quantitative estimate of drug-likeness (QED) is 0.730. The van der Waals surface area contributed by atoms with Gasteiger partial charge in [0.15, 0.2) is 0 Å². The molecule has 0 saturated carbocycles. The number of ether oxygens (including phenoxy) is 1. The minimum Gasteiger partial charge on any atom is -0.507 e. The highest BCUT2D eigenvalue weighted by molar-refractivity contribution is 7.92. The number of rotatable bonds is 6. The number of sulfonamides is 1. The molecule has 0 unspecified atom stereocenters. The largest absolute Gasteiger partial charge is 0.507 e. The summed E-state index contributed by atoms with van der Waals surface area (Å²) >= 11 is 0. The van der Waals surface area contributed by atoms with E-state index in [0.29, 0.717) is 0 Å². The maximum Gasteiger partial charge on any atom is 0.387 e. The maximum absolute atomic E-state index is 12.2. The molecular weight excluding hydrogens is 348 g/mol. The van der Waals surface area contributed by atoms with E-state index in [0.717, 1.165) is 30.3 Å². The number of hydrogen-bond donors (Lipinski definition) is 3. The Kier molecular flexibility index (Phi) is 4.88. The summed E-state index contributed by atoms with van der Waals surface area (Å²) in [7, 11) is -4.15. The molecule has 2 aromatic carbocycles. The van der Waals surface area contributed by atoms with Gasteiger partial charge in [-0.2, -0.15) is 8.78 Å². The van der Waals surface area contributed by atoms with Crippen molar-refractivity contribution in [3.63, 3.8) is 0 Å². The lowest BCUT2D eigenvalue weighted by molar-refractivity contribution is -0.0500. The van der Waals surface area contributed by atoms with E-state index in [1.54, 1.807) is 0 Å². The normalized spacial score (nSPS) is 11.3. The number of benzene rings is 2. The number of phenols is 1. The van der Waals surface area contributed by atoms with E-state index in [1.165, 1.54) is 12.1 Å². The molecule has 2 rings (SSSR count). The molecule has 2 aromatic rings. The predicted molar refractivity (Wildman–Crippen MR) is 78.9 cm³/mol. The van der Waals surface area contributed by atoms with E-state index in [4.69, 9.17) is 5.11 Å². The number of alkyl halides is 2. The molecule has 0 atom stereocenters. The highest BCUT2D eigenvalue weighted by Crippen LogP contribution is 2.25. The molecule has 0 aliphatic rings. The van der Waals surface area contributed by atoms with Gasteiger partial charge in [-0.25, -0.2) is 13.2 Å². The second-order valence-corrected chi connectivity index (χ2v) is 6.18. The van der Waals surface area contributed by atoms with Crippen LogP contribution in [0.25, 0.3) is 0 Å². The molecule has 7 nitrogen and oxygen atoms in total. The Balaban J connectivity index is 2.28. The van der Waals surface area contributed by atoms with Crippen LogP contribution in [0.2, 0.25) is 0 Å². The molecule has 0 fully saturated rings. The predicted octanol–water partition coefficient (Wildman–Crippen LogP) is 2.49. The van der Waals surface area contributed by atoms with Gasteiger partial charge in [0.1, 0.15) is 17.1 Å². The number of carboxylic acids is 1. The van der Waals surface area contributed by atoms with Crippen LogP contribution < -0.4 is 9.46 Å². The minimum atomic E-state index is -4.15. The number of aromatic carboxylic acids is 1. The van der Waals surface area contributed by atoms with Crippen LogP contribution >= 0.6 is 0 Å². The highest BCUT2D eigenvalue weighted by Gasteiger charge is 2.17. The molecule has 0 aliphatic heterocycles. The summed E-state index contributed by atoms with van der Waals surface area (Å²) in [5, 5.41) is 18.3. The molecule has 3 N–H and O–H groups in total. The van der Waals surface area contributed by atoms with E-state index in [-0.39, 0.29) is 16.3 Å². The summed E-state index contributed by atoms with van der Waals surface area (Å²) in [5.74, 6) is -2.34. The van der Waals surface area contributed by atoms with Crippen LogP contribution in [0.4, 0.5) is 14.5 Å². The van der Waals surface area contributed by atoms with E-state index in [9.17, 15) is 27.1 Å². The van der Waals surface area contributed by atoms with Crippen molar-refractivity contribution in [1.82, 2.24) is 0 Å². The van der Waals surface area contributed by atoms with Gasteiger partial charge in [0.25, 0.3) is 10.0 Å². The third-order valence-corrected chi connectivity index (χ3v) is 4.20. The van der Waals surface area contributed by atoms with Gasteiger partial charge in [0.05, 0.1) is 10.6 Å². The third-order valence-electron chi connectivity index (χ3n) is 2.82. The monoisotopic (exact) mass is 359 g/mol. The van der Waals surface area contributed by atoms with Gasteiger partial charge in [0.2, 0.25) is 0 Å². The van der Waals surface area contributed by atoms with Crippen molar-refractivity contribution < 1.29 is 36.9 Å². The molecule has 128 valence electrons. The van der Waals surface area contributed by atoms with Crippen LogP contribution in [0.15, 0.2) is 47.4 Å². The Bertz CT molecular complexity index is 869. The number of carbonyl (C=O) groups is 1. The Morgan fingerprint density at radius 3 is 2.46 bits per heavy atom. The summed E-state index contributed by atoms with van der Waals surface area (Å²) in [5.41, 5.74) is -0.497. The zero-order valence-electron chi connectivity index (χ0n) is 11.8. The molecular formula is C14H11F2NO6S. The standard InChI is InChI=1S/C14H11F2NO6S/c15-14(16)23-9-2-1-3-10(7-9)24(21,22)17-8-4-5-11(13(19)20)12(18)6-8/h1-7,14,17-18H,(H,19,20). The number of aromatic hydroxyl groups is 1. The van der Waals surface area contributed by atoms with Crippen molar-refractivity contribution in [2.24, 2.45) is 0 Å². The maximum atomic E-state index is 12.2. The van der Waals surface area contributed by atoms with E-state index in [2.05, 4.69) is 9.46 Å². The Hall–Kier alpha value is -2.88. The molecule has 0 bridgehead atoms. The van der Waals surface area contributed by atoms with Crippen molar-refractivity contribution in [2.75, 3.05) is 4.72 Å². The Morgan fingerprint density at radius 1 is 1.17 bits per heavy atom. The third kappa shape index (κ3) is 4.10. The summed E-state index contributed by atoms with van der Waals surface area (Å²) in [4.78, 5) is 10.4. The smallest absolute Gasteiger partial charge is 0.387 e.